The zero-order valence-corrected chi connectivity index (χ0v) is 16.6. The third-order valence-corrected chi connectivity index (χ3v) is 4.84. The quantitative estimate of drug-likeness (QED) is 0.697. The van der Waals surface area contributed by atoms with E-state index >= 15 is 0 Å². The molecule has 2 aromatic carbocycles. The van der Waals surface area contributed by atoms with Gasteiger partial charge < -0.3 is 29.0 Å². The number of carbonyl (C=O) groups excluding carboxylic acids is 2. The number of esters is 1. The van der Waals surface area contributed by atoms with Crippen molar-refractivity contribution in [2.45, 2.75) is 32.0 Å². The first-order chi connectivity index (χ1) is 14.6. The topological polar surface area (TPSA) is 92.3 Å². The third-order valence-electron chi connectivity index (χ3n) is 4.84. The van der Waals surface area contributed by atoms with Crippen LogP contribution >= 0.6 is 0 Å². The highest BCUT2D eigenvalue weighted by molar-refractivity contribution is 5.97. The number of nitrogens with one attached hydrogen (secondary N) is 1. The Balaban J connectivity index is 1.27. The smallest absolute Gasteiger partial charge is 0.338 e. The molecule has 30 heavy (non-hydrogen) atoms. The van der Waals surface area contributed by atoms with Crippen LogP contribution in [-0.2, 0) is 14.3 Å². The molecule has 1 N–H and O–H groups in total. The van der Waals surface area contributed by atoms with Gasteiger partial charge in [0, 0.05) is 18.4 Å². The Bertz CT molecular complexity index is 906. The summed E-state index contributed by atoms with van der Waals surface area (Å²) in [7, 11) is 0. The van der Waals surface area contributed by atoms with Crippen LogP contribution in [0.1, 0.15) is 30.1 Å². The van der Waals surface area contributed by atoms with Crippen molar-refractivity contribution >= 4 is 17.6 Å². The summed E-state index contributed by atoms with van der Waals surface area (Å²) in [6.45, 7) is 2.93. The maximum Gasteiger partial charge on any atom is 0.338 e. The van der Waals surface area contributed by atoms with E-state index in [0.717, 1.165) is 19.4 Å². The molecule has 2 aromatic rings. The normalized spacial score (nSPS) is 18.0. The summed E-state index contributed by atoms with van der Waals surface area (Å²) in [5.74, 6) is 0.790. The van der Waals surface area contributed by atoms with Gasteiger partial charge in [-0.2, -0.15) is 0 Å². The fourth-order valence-corrected chi connectivity index (χ4v) is 3.15. The van der Waals surface area contributed by atoms with Gasteiger partial charge in [-0.25, -0.2) is 4.79 Å². The van der Waals surface area contributed by atoms with Gasteiger partial charge in [-0.05, 0) is 56.2 Å². The fraction of sp³-hybridized carbons (Fsp3) is 0.364. The minimum atomic E-state index is -0.974. The molecule has 0 spiro atoms. The van der Waals surface area contributed by atoms with E-state index in [-0.39, 0.29) is 12.9 Å². The van der Waals surface area contributed by atoms with E-state index in [4.69, 9.17) is 23.7 Å². The van der Waals surface area contributed by atoms with Crippen LogP contribution in [0.15, 0.2) is 42.5 Å². The Hall–Kier alpha value is -3.26. The van der Waals surface area contributed by atoms with Gasteiger partial charge in [0.1, 0.15) is 12.4 Å². The summed E-state index contributed by atoms with van der Waals surface area (Å²) < 4.78 is 27.0. The molecular formula is C22H23NO7. The van der Waals surface area contributed by atoms with Crippen LogP contribution in [0.4, 0.5) is 5.69 Å². The van der Waals surface area contributed by atoms with Gasteiger partial charge in [0.15, 0.2) is 17.6 Å². The number of hydrogen-bond acceptors (Lipinski definition) is 7. The van der Waals surface area contributed by atoms with Gasteiger partial charge in [0.05, 0.1) is 11.7 Å². The van der Waals surface area contributed by atoms with Crippen LogP contribution in [0.25, 0.3) is 0 Å². The summed E-state index contributed by atoms with van der Waals surface area (Å²) >= 11 is 0. The molecule has 1 amide bonds. The number of carbonyl (C=O) groups is 2. The molecule has 8 nitrogen and oxygen atoms in total. The lowest BCUT2D eigenvalue weighted by Crippen LogP contribution is -2.30. The van der Waals surface area contributed by atoms with Crippen molar-refractivity contribution in [3.63, 3.8) is 0 Å². The first-order valence-corrected chi connectivity index (χ1v) is 9.84. The molecule has 2 aliphatic heterocycles. The second kappa shape index (κ2) is 9.04. The van der Waals surface area contributed by atoms with Gasteiger partial charge in [-0.1, -0.05) is 0 Å². The van der Waals surface area contributed by atoms with Crippen LogP contribution in [0.5, 0.6) is 17.2 Å². The van der Waals surface area contributed by atoms with Crippen LogP contribution < -0.4 is 19.5 Å². The lowest BCUT2D eigenvalue weighted by Gasteiger charge is -2.14. The summed E-state index contributed by atoms with van der Waals surface area (Å²) in [6.07, 6.45) is 1.20. The van der Waals surface area contributed by atoms with E-state index in [2.05, 4.69) is 5.32 Å². The van der Waals surface area contributed by atoms with Crippen LogP contribution in [-0.4, -0.2) is 44.1 Å². The van der Waals surface area contributed by atoms with Crippen molar-refractivity contribution in [1.82, 2.24) is 0 Å². The van der Waals surface area contributed by atoms with E-state index in [0.29, 0.717) is 35.1 Å². The van der Waals surface area contributed by atoms with Gasteiger partial charge in [0.2, 0.25) is 6.79 Å². The number of benzene rings is 2. The van der Waals surface area contributed by atoms with E-state index < -0.39 is 18.0 Å². The molecular weight excluding hydrogens is 390 g/mol. The van der Waals surface area contributed by atoms with Crippen molar-refractivity contribution in [1.29, 1.82) is 0 Å². The van der Waals surface area contributed by atoms with Crippen molar-refractivity contribution in [2.75, 3.05) is 25.3 Å². The molecule has 0 saturated carbocycles. The average molecular weight is 413 g/mol. The number of hydrogen-bond donors (Lipinski definition) is 1. The molecule has 0 aromatic heterocycles. The Labute approximate surface area is 174 Å². The van der Waals surface area contributed by atoms with E-state index in [9.17, 15) is 9.59 Å². The van der Waals surface area contributed by atoms with Crippen LogP contribution in [0, 0.1) is 0 Å². The lowest BCUT2D eigenvalue weighted by atomic mass is 10.2. The summed E-state index contributed by atoms with van der Waals surface area (Å²) in [5, 5.41) is 2.70. The maximum absolute atomic E-state index is 12.4. The number of fused-ring (bicyclic) bond motifs is 1. The minimum Gasteiger partial charge on any atom is -0.491 e. The molecule has 8 heteroatoms. The van der Waals surface area contributed by atoms with Crippen molar-refractivity contribution in [3.05, 3.63) is 48.0 Å². The third kappa shape index (κ3) is 4.83. The molecule has 0 unspecified atom stereocenters. The maximum atomic E-state index is 12.4. The first-order valence-electron chi connectivity index (χ1n) is 9.84. The zero-order valence-electron chi connectivity index (χ0n) is 16.6. The lowest BCUT2D eigenvalue weighted by molar-refractivity contribution is -0.123. The highest BCUT2D eigenvalue weighted by Gasteiger charge is 2.21. The number of ether oxygens (including phenoxy) is 5. The highest BCUT2D eigenvalue weighted by atomic mass is 16.7. The van der Waals surface area contributed by atoms with Crippen LogP contribution in [0.3, 0.4) is 0 Å². The molecule has 1 fully saturated rings. The average Bonchev–Trinajstić information content (AvgIpc) is 3.44. The van der Waals surface area contributed by atoms with Crippen molar-refractivity contribution in [3.8, 4) is 17.2 Å². The molecule has 2 heterocycles. The zero-order chi connectivity index (χ0) is 20.9. The predicted molar refractivity (Wildman–Crippen MR) is 107 cm³/mol. The molecule has 0 bridgehead atoms. The first kappa shape index (κ1) is 20.0. The summed E-state index contributed by atoms with van der Waals surface area (Å²) in [4.78, 5) is 24.7. The Morgan fingerprint density at radius 3 is 2.70 bits per heavy atom. The predicted octanol–water partition coefficient (Wildman–Crippen LogP) is 3.16. The largest absolute Gasteiger partial charge is 0.491 e. The fourth-order valence-electron chi connectivity index (χ4n) is 3.15. The molecule has 2 atom stereocenters. The van der Waals surface area contributed by atoms with Gasteiger partial charge in [-0.15, -0.1) is 0 Å². The molecule has 4 rings (SSSR count). The van der Waals surface area contributed by atoms with E-state index in [1.54, 1.807) is 42.5 Å². The Kier molecular flexibility index (Phi) is 6.04. The molecule has 0 aliphatic carbocycles. The molecule has 1 saturated heterocycles. The van der Waals surface area contributed by atoms with E-state index in [1.807, 2.05) is 0 Å². The minimum absolute atomic E-state index is 0.124. The standard InChI is InChI=1S/C22H23NO7/c1-14(21(24)23-16-6-9-19-20(11-16)29-13-28-19)30-22(25)15-4-7-17(8-5-15)27-12-18-3-2-10-26-18/h4-9,11,14,18H,2-3,10,12-13H2,1H3,(H,23,24)/t14-,18+/m0/s1. The molecule has 2 aliphatic rings. The number of amides is 1. The summed E-state index contributed by atoms with van der Waals surface area (Å²) in [5.41, 5.74) is 0.863. The number of anilines is 1. The number of rotatable bonds is 7. The Morgan fingerprint density at radius 1 is 1.13 bits per heavy atom. The van der Waals surface area contributed by atoms with E-state index in [1.165, 1.54) is 6.92 Å². The molecule has 0 radical (unpaired) electrons. The second-order valence-corrected chi connectivity index (χ2v) is 7.08. The second-order valence-electron chi connectivity index (χ2n) is 7.08. The monoisotopic (exact) mass is 413 g/mol. The highest BCUT2D eigenvalue weighted by Crippen LogP contribution is 2.34. The Morgan fingerprint density at radius 2 is 1.93 bits per heavy atom. The van der Waals surface area contributed by atoms with Crippen molar-refractivity contribution < 1.29 is 33.3 Å². The van der Waals surface area contributed by atoms with Crippen molar-refractivity contribution in [2.24, 2.45) is 0 Å². The van der Waals surface area contributed by atoms with Gasteiger partial charge >= 0.3 is 5.97 Å². The SMILES string of the molecule is C[C@H](OC(=O)c1ccc(OC[C@H]2CCCO2)cc1)C(=O)Nc1ccc2c(c1)OCO2. The van der Waals surface area contributed by atoms with Gasteiger partial charge in [-0.3, -0.25) is 4.79 Å². The van der Waals surface area contributed by atoms with Crippen LogP contribution in [0.2, 0.25) is 0 Å². The van der Waals surface area contributed by atoms with Gasteiger partial charge in [0.25, 0.3) is 5.91 Å². The summed E-state index contributed by atoms with van der Waals surface area (Å²) in [6, 6.07) is 11.7. The molecule has 158 valence electrons.